The van der Waals surface area contributed by atoms with Gasteiger partial charge in [-0.2, -0.15) is 13.2 Å². The molecule has 0 radical (unpaired) electrons. The fourth-order valence-electron chi connectivity index (χ4n) is 0.515. The van der Waals surface area contributed by atoms with Crippen LogP contribution in [0.15, 0.2) is 0 Å². The van der Waals surface area contributed by atoms with Crippen molar-refractivity contribution in [3.63, 3.8) is 0 Å². The fourth-order valence-corrected chi connectivity index (χ4v) is 1.12. The summed E-state index contributed by atoms with van der Waals surface area (Å²) in [6.07, 6.45) is 0. The van der Waals surface area contributed by atoms with Gasteiger partial charge < -0.3 is 4.74 Å². The zero-order valence-corrected chi connectivity index (χ0v) is 5.77. The van der Waals surface area contributed by atoms with Gasteiger partial charge in [-0.25, -0.2) is 0 Å². The van der Waals surface area contributed by atoms with E-state index in [9.17, 15) is 13.2 Å². The van der Waals surface area contributed by atoms with Crippen LogP contribution in [0.25, 0.3) is 0 Å². The second-order valence-electron chi connectivity index (χ2n) is 1.50. The van der Waals surface area contributed by atoms with Crippen LogP contribution in [0.5, 0.6) is 5.75 Å². The van der Waals surface area contributed by atoms with Crippen LogP contribution >= 0.6 is 11.3 Å². The highest BCUT2D eigenvalue weighted by atomic mass is 32.1. The van der Waals surface area contributed by atoms with Crippen molar-refractivity contribution in [3.8, 4) is 5.75 Å². The van der Waals surface area contributed by atoms with Crippen molar-refractivity contribution in [2.75, 3.05) is 7.11 Å². The van der Waals surface area contributed by atoms with E-state index in [1.807, 2.05) is 0 Å². The summed E-state index contributed by atoms with van der Waals surface area (Å²) in [5, 5.41) is -2.16. The smallest absolute Gasteiger partial charge is 0.224 e. The molecule has 0 aromatic carbocycles. The highest BCUT2D eigenvalue weighted by molar-refractivity contribution is 7.08. The first-order chi connectivity index (χ1) is 4.66. The highest BCUT2D eigenvalue weighted by Gasteiger charge is 2.18. The summed E-state index contributed by atoms with van der Waals surface area (Å²) in [7, 11) is 1.08. The Morgan fingerprint density at radius 1 is 1.20 bits per heavy atom. The molecule has 1 heterocycles. The predicted octanol–water partition coefficient (Wildman–Crippen LogP) is 2.17. The molecule has 0 saturated heterocycles. The summed E-state index contributed by atoms with van der Waals surface area (Å²) < 4.78 is 40.9. The quantitative estimate of drug-likeness (QED) is 0.624. The van der Waals surface area contributed by atoms with Crippen LogP contribution in [0, 0.1) is 16.1 Å². The van der Waals surface area contributed by atoms with E-state index in [1.54, 1.807) is 0 Å². The van der Waals surface area contributed by atoms with E-state index in [-0.39, 0.29) is 11.3 Å². The van der Waals surface area contributed by atoms with Crippen molar-refractivity contribution in [2.24, 2.45) is 0 Å². The monoisotopic (exact) mass is 168 g/mol. The molecule has 0 aliphatic heterocycles. The average Bonchev–Trinajstić information content (AvgIpc) is 2.09. The molecule has 10 heavy (non-hydrogen) atoms. The van der Waals surface area contributed by atoms with Crippen molar-refractivity contribution in [1.29, 1.82) is 0 Å². The van der Waals surface area contributed by atoms with Gasteiger partial charge in [-0.3, -0.25) is 0 Å². The zero-order chi connectivity index (χ0) is 7.72. The van der Waals surface area contributed by atoms with E-state index in [0.29, 0.717) is 0 Å². The van der Waals surface area contributed by atoms with Crippen molar-refractivity contribution >= 4 is 11.3 Å². The van der Waals surface area contributed by atoms with Crippen LogP contribution in [0.3, 0.4) is 0 Å². The number of rotatable bonds is 1. The lowest BCUT2D eigenvalue weighted by Gasteiger charge is -1.91. The van der Waals surface area contributed by atoms with Gasteiger partial charge in [-0.15, -0.1) is 0 Å². The first kappa shape index (κ1) is 7.40. The normalized spacial score (nSPS) is 10.0. The summed E-state index contributed by atoms with van der Waals surface area (Å²) in [6, 6.07) is 0. The molecule has 1 aromatic heterocycles. The second-order valence-corrected chi connectivity index (χ2v) is 2.42. The Morgan fingerprint density at radius 2 is 1.80 bits per heavy atom. The highest BCUT2D eigenvalue weighted by Crippen LogP contribution is 2.30. The predicted molar refractivity (Wildman–Crippen MR) is 30.7 cm³/mol. The minimum atomic E-state index is -1.26. The Hall–Kier alpha value is -0.710. The molecule has 0 aliphatic carbocycles. The van der Waals surface area contributed by atoms with Crippen LogP contribution in [0.4, 0.5) is 13.2 Å². The average molecular weight is 168 g/mol. The molecule has 1 aromatic rings. The Balaban J connectivity index is 3.20. The minimum absolute atomic E-state index is 0.0871. The number of hydrogen-bond donors (Lipinski definition) is 0. The van der Waals surface area contributed by atoms with Crippen LogP contribution in [0.2, 0.25) is 0 Å². The van der Waals surface area contributed by atoms with E-state index in [2.05, 4.69) is 4.74 Å². The summed E-state index contributed by atoms with van der Waals surface area (Å²) in [5.74, 6) is -1.91. The summed E-state index contributed by atoms with van der Waals surface area (Å²) in [6.45, 7) is 0. The zero-order valence-electron chi connectivity index (χ0n) is 4.95. The molecule has 0 bridgehead atoms. The maximum Gasteiger partial charge on any atom is 0.224 e. The Morgan fingerprint density at radius 3 is 2.00 bits per heavy atom. The third-order valence-electron chi connectivity index (χ3n) is 0.934. The van der Waals surface area contributed by atoms with Crippen LogP contribution in [-0.4, -0.2) is 7.11 Å². The van der Waals surface area contributed by atoms with E-state index < -0.39 is 21.8 Å². The van der Waals surface area contributed by atoms with E-state index in [4.69, 9.17) is 0 Å². The Bertz CT molecular complexity index is 245. The van der Waals surface area contributed by atoms with Crippen molar-refractivity contribution < 1.29 is 17.9 Å². The lowest BCUT2D eigenvalue weighted by atomic mass is 10.5. The first-order valence-corrected chi connectivity index (χ1v) is 3.15. The van der Waals surface area contributed by atoms with Gasteiger partial charge in [0.15, 0.2) is 0 Å². The number of ether oxygens (including phenoxy) is 1. The molecule has 5 heteroatoms. The maximum atomic E-state index is 12.3. The van der Waals surface area contributed by atoms with Crippen molar-refractivity contribution in [1.82, 2.24) is 0 Å². The standard InChI is InChI=1S/C5H3F3OS/c1-9-3-2(6)4(7)10-5(3)8/h1H3. The number of halogens is 3. The summed E-state index contributed by atoms with van der Waals surface area (Å²) >= 11 is 0.0871. The van der Waals surface area contributed by atoms with Gasteiger partial charge in [0.2, 0.25) is 21.8 Å². The Kier molecular flexibility index (Phi) is 1.85. The van der Waals surface area contributed by atoms with Gasteiger partial charge in [0.05, 0.1) is 7.11 Å². The number of hydrogen-bond acceptors (Lipinski definition) is 2. The molecule has 0 spiro atoms. The SMILES string of the molecule is COc1c(F)sc(F)c1F. The molecular weight excluding hydrogens is 165 g/mol. The van der Waals surface area contributed by atoms with E-state index >= 15 is 0 Å². The lowest BCUT2D eigenvalue weighted by Crippen LogP contribution is -1.85. The van der Waals surface area contributed by atoms with Gasteiger partial charge in [0.1, 0.15) is 0 Å². The van der Waals surface area contributed by atoms with Gasteiger partial charge in [0, 0.05) is 0 Å². The van der Waals surface area contributed by atoms with E-state index in [1.165, 1.54) is 0 Å². The first-order valence-electron chi connectivity index (χ1n) is 2.34. The maximum absolute atomic E-state index is 12.3. The molecule has 56 valence electrons. The summed E-state index contributed by atoms with van der Waals surface area (Å²) in [4.78, 5) is 0. The Labute approximate surface area is 59.0 Å². The molecule has 1 nitrogen and oxygen atoms in total. The molecule has 0 unspecified atom stereocenters. The van der Waals surface area contributed by atoms with Crippen LogP contribution in [0.1, 0.15) is 0 Å². The molecule has 0 amide bonds. The molecule has 0 atom stereocenters. The topological polar surface area (TPSA) is 9.23 Å². The third-order valence-corrected chi connectivity index (χ3v) is 1.66. The number of methoxy groups -OCH3 is 1. The van der Waals surface area contributed by atoms with Crippen LogP contribution < -0.4 is 4.74 Å². The van der Waals surface area contributed by atoms with E-state index in [0.717, 1.165) is 7.11 Å². The number of thiophene rings is 1. The van der Waals surface area contributed by atoms with Gasteiger partial charge in [-0.1, -0.05) is 11.3 Å². The van der Waals surface area contributed by atoms with Crippen molar-refractivity contribution in [2.45, 2.75) is 0 Å². The van der Waals surface area contributed by atoms with Gasteiger partial charge in [0.25, 0.3) is 0 Å². The largest absolute Gasteiger partial charge is 0.490 e. The van der Waals surface area contributed by atoms with Gasteiger partial charge >= 0.3 is 0 Å². The van der Waals surface area contributed by atoms with Gasteiger partial charge in [-0.05, 0) is 0 Å². The molecule has 0 aliphatic rings. The van der Waals surface area contributed by atoms with Crippen LogP contribution in [-0.2, 0) is 0 Å². The fraction of sp³-hybridized carbons (Fsp3) is 0.200. The van der Waals surface area contributed by atoms with Crippen molar-refractivity contribution in [3.05, 3.63) is 16.1 Å². The minimum Gasteiger partial charge on any atom is -0.490 e. The molecule has 1 rings (SSSR count). The molecule has 0 saturated carbocycles. The second kappa shape index (κ2) is 2.49. The molecule has 0 fully saturated rings. The molecule has 0 N–H and O–H groups in total. The lowest BCUT2D eigenvalue weighted by molar-refractivity contribution is 0.360. The molecular formula is C5H3F3OS. The summed E-state index contributed by atoms with van der Waals surface area (Å²) in [5.41, 5.74) is 0. The third kappa shape index (κ3) is 0.965.